The second kappa shape index (κ2) is 1.61. The van der Waals surface area contributed by atoms with Crippen LogP contribution in [0, 0.1) is 26.2 Å². The molecule has 1 nitrogen and oxygen atoms in total. The van der Waals surface area contributed by atoms with Crippen molar-refractivity contribution in [2.45, 2.75) is 0 Å². The van der Waals surface area contributed by atoms with E-state index in [1.807, 2.05) is 0 Å². The number of rotatable bonds is 1. The average molecular weight is 84.1 g/mol. The van der Waals surface area contributed by atoms with Gasteiger partial charge < -0.3 is 0 Å². The smallest absolute Gasteiger partial charge is 0.0878 e. The molecule has 0 saturated heterocycles. The van der Waals surface area contributed by atoms with Crippen molar-refractivity contribution in [1.29, 1.82) is 0 Å². The summed E-state index contributed by atoms with van der Waals surface area (Å²) < 4.78 is 0. The summed E-state index contributed by atoms with van der Waals surface area (Å²) in [5.41, 5.74) is -0.764. The van der Waals surface area contributed by atoms with Crippen LogP contribution in [-0.2, 0) is 5.11 Å². The fourth-order valence-electron chi connectivity index (χ4n) is 0. The summed E-state index contributed by atoms with van der Waals surface area (Å²) in [7, 11) is 0. The van der Waals surface area contributed by atoms with E-state index in [2.05, 4.69) is 20.8 Å². The van der Waals surface area contributed by atoms with Crippen molar-refractivity contribution in [2.24, 2.45) is 5.41 Å². The maximum absolute atomic E-state index is 9.76. The van der Waals surface area contributed by atoms with Crippen LogP contribution in [0.2, 0.25) is 0 Å². The van der Waals surface area contributed by atoms with Crippen LogP contribution in [-0.4, -0.2) is 6.61 Å². The molecule has 0 rings (SSSR count). The molecule has 4 radical (unpaired) electrons. The molecular weight excluding hydrogens is 76.1 g/mol. The lowest BCUT2D eigenvalue weighted by Crippen LogP contribution is -2.10. The average Bonchev–Trinajstić information content (AvgIpc) is 1.35. The normalized spacial score (nSPS) is 12.0. The molecule has 0 unspecified atom stereocenters. The first-order valence-electron chi connectivity index (χ1n) is 1.70. The quantitative estimate of drug-likeness (QED) is 0.450. The van der Waals surface area contributed by atoms with Crippen molar-refractivity contribution in [3.63, 3.8) is 0 Å². The summed E-state index contributed by atoms with van der Waals surface area (Å²) in [6, 6.07) is 0. The van der Waals surface area contributed by atoms with E-state index in [0.29, 0.717) is 0 Å². The van der Waals surface area contributed by atoms with Crippen LogP contribution in [0.4, 0.5) is 0 Å². The Kier molecular flexibility index (Phi) is 1.59. The number of hydrogen-bond donors (Lipinski definition) is 0. The van der Waals surface area contributed by atoms with Crippen LogP contribution < -0.4 is 0 Å². The van der Waals surface area contributed by atoms with Crippen LogP contribution in [0.15, 0.2) is 0 Å². The third-order valence-electron chi connectivity index (χ3n) is 0.306. The predicted molar refractivity (Wildman–Crippen MR) is 24.1 cm³/mol. The molecule has 0 aliphatic heterocycles. The maximum Gasteiger partial charge on any atom is 0.0878 e. The van der Waals surface area contributed by atoms with Gasteiger partial charge in [-0.05, 0) is 26.2 Å². The fourth-order valence-corrected chi connectivity index (χ4v) is 0. The molecule has 0 bridgehead atoms. The van der Waals surface area contributed by atoms with E-state index in [-0.39, 0.29) is 6.61 Å². The Hall–Kier alpha value is -0.0400. The van der Waals surface area contributed by atoms with Crippen molar-refractivity contribution < 1.29 is 5.11 Å². The first-order chi connectivity index (χ1) is 2.56. The number of hydrogen-bond acceptors (Lipinski definition) is 0. The Morgan fingerprint density at radius 1 is 1.33 bits per heavy atom. The molecular formula is C5H8O. The second-order valence-electron chi connectivity index (χ2n) is 1.64. The highest BCUT2D eigenvalue weighted by Gasteiger charge is 2.07. The minimum atomic E-state index is -0.764. The van der Waals surface area contributed by atoms with Gasteiger partial charge in [0.1, 0.15) is 0 Å². The van der Waals surface area contributed by atoms with E-state index in [9.17, 15) is 5.11 Å². The summed E-state index contributed by atoms with van der Waals surface area (Å²) in [5, 5.41) is 9.76. The molecule has 0 aromatic rings. The lowest BCUT2D eigenvalue weighted by atomic mass is 9.99. The minimum Gasteiger partial charge on any atom is -0.236 e. The fraction of sp³-hybridized carbons (Fsp3) is 0.400. The zero-order chi connectivity index (χ0) is 5.21. The Morgan fingerprint density at radius 2 is 1.50 bits per heavy atom. The van der Waals surface area contributed by atoms with E-state index < -0.39 is 5.41 Å². The molecule has 0 aromatic carbocycles. The van der Waals surface area contributed by atoms with Gasteiger partial charge in [-0.3, -0.25) is 0 Å². The predicted octanol–water partition coefficient (Wildman–Crippen LogP) is 0.906. The topological polar surface area (TPSA) is 19.9 Å². The van der Waals surface area contributed by atoms with Crippen LogP contribution in [0.1, 0.15) is 0 Å². The van der Waals surface area contributed by atoms with E-state index in [0.717, 1.165) is 0 Å². The van der Waals surface area contributed by atoms with Crippen LogP contribution in [0.25, 0.3) is 0 Å². The van der Waals surface area contributed by atoms with Gasteiger partial charge >= 0.3 is 0 Å². The molecule has 0 aliphatic rings. The third-order valence-corrected chi connectivity index (χ3v) is 0.306. The first kappa shape index (κ1) is 5.96. The zero-order valence-electron chi connectivity index (χ0n) is 3.74. The second-order valence-corrected chi connectivity index (χ2v) is 1.64. The highest BCUT2D eigenvalue weighted by molar-refractivity contribution is 4.85. The van der Waals surface area contributed by atoms with Gasteiger partial charge in [-0.25, -0.2) is 5.11 Å². The van der Waals surface area contributed by atoms with Crippen molar-refractivity contribution >= 4 is 0 Å². The van der Waals surface area contributed by atoms with Crippen molar-refractivity contribution in [2.75, 3.05) is 6.61 Å². The molecule has 0 heterocycles. The molecule has 0 aromatic heterocycles. The van der Waals surface area contributed by atoms with Crippen LogP contribution in [0.3, 0.4) is 0 Å². The molecule has 0 fully saturated rings. The van der Waals surface area contributed by atoms with Gasteiger partial charge in [-0.15, -0.1) is 0 Å². The maximum atomic E-state index is 9.76. The van der Waals surface area contributed by atoms with E-state index in [1.165, 1.54) is 0 Å². The molecule has 1 heteroatoms. The summed E-state index contributed by atoms with van der Waals surface area (Å²) in [6.45, 7) is 9.75. The lowest BCUT2D eigenvalue weighted by Gasteiger charge is -2.08. The molecule has 0 aliphatic carbocycles. The highest BCUT2D eigenvalue weighted by atomic mass is 16.3. The SMILES string of the molecule is [CH2]C([CH2])([CH2])C[O]. The summed E-state index contributed by atoms with van der Waals surface area (Å²) in [4.78, 5) is 0. The lowest BCUT2D eigenvalue weighted by molar-refractivity contribution is 0.146. The van der Waals surface area contributed by atoms with Gasteiger partial charge in [0.2, 0.25) is 0 Å². The molecule has 6 heavy (non-hydrogen) atoms. The molecule has 0 N–H and O–H groups in total. The van der Waals surface area contributed by atoms with Gasteiger partial charge in [0.05, 0.1) is 6.61 Å². The standard InChI is InChI=1S/C5H8O/c1-5(2,3)4-6/h1-4H2. The molecule has 0 atom stereocenters. The van der Waals surface area contributed by atoms with Crippen molar-refractivity contribution in [1.82, 2.24) is 0 Å². The largest absolute Gasteiger partial charge is 0.236 e. The molecule has 0 saturated carbocycles. The van der Waals surface area contributed by atoms with Crippen LogP contribution >= 0.6 is 0 Å². The van der Waals surface area contributed by atoms with Crippen molar-refractivity contribution in [3.05, 3.63) is 20.8 Å². The zero-order valence-corrected chi connectivity index (χ0v) is 3.74. The Balaban J connectivity index is 3.17. The molecule has 0 spiro atoms. The highest BCUT2D eigenvalue weighted by Crippen LogP contribution is 2.07. The van der Waals surface area contributed by atoms with Gasteiger partial charge in [0.25, 0.3) is 0 Å². The monoisotopic (exact) mass is 84.1 g/mol. The van der Waals surface area contributed by atoms with Crippen molar-refractivity contribution in [3.8, 4) is 0 Å². The van der Waals surface area contributed by atoms with Crippen LogP contribution in [0.5, 0.6) is 0 Å². The van der Waals surface area contributed by atoms with Gasteiger partial charge in [-0.2, -0.15) is 0 Å². The molecule has 0 amide bonds. The Morgan fingerprint density at radius 3 is 1.50 bits per heavy atom. The summed E-state index contributed by atoms with van der Waals surface area (Å²) in [5.74, 6) is 0. The van der Waals surface area contributed by atoms with E-state index >= 15 is 0 Å². The minimum absolute atomic E-state index is 0.312. The van der Waals surface area contributed by atoms with Gasteiger partial charge in [0, 0.05) is 0 Å². The van der Waals surface area contributed by atoms with E-state index in [1.54, 1.807) is 0 Å². The third kappa shape index (κ3) is 3.96. The van der Waals surface area contributed by atoms with Gasteiger partial charge in [0.15, 0.2) is 0 Å². The first-order valence-corrected chi connectivity index (χ1v) is 1.70. The molecule has 34 valence electrons. The van der Waals surface area contributed by atoms with E-state index in [4.69, 9.17) is 0 Å². The summed E-state index contributed by atoms with van der Waals surface area (Å²) in [6.07, 6.45) is 0. The summed E-state index contributed by atoms with van der Waals surface area (Å²) >= 11 is 0. The Labute approximate surface area is 39.0 Å². The Bertz CT molecular complexity index is 33.7. The van der Waals surface area contributed by atoms with Gasteiger partial charge in [-0.1, -0.05) is 0 Å².